The molecule has 2 atom stereocenters. The molecule has 0 radical (unpaired) electrons. The zero-order valence-corrected chi connectivity index (χ0v) is 51.9. The van der Waals surface area contributed by atoms with Crippen molar-refractivity contribution in [3.05, 3.63) is 0 Å². The van der Waals surface area contributed by atoms with Gasteiger partial charge in [-0.05, 0) is 86.1 Å². The minimum atomic E-state index is -5.53. The fraction of sp³-hybridized carbons (Fsp3) is 1.00. The van der Waals surface area contributed by atoms with Crippen molar-refractivity contribution in [1.29, 1.82) is 0 Å². The average molecular weight is 979 g/mol. The average Bonchev–Trinajstić information content (AvgIpc) is 3.03. The van der Waals surface area contributed by atoms with E-state index in [-0.39, 0.29) is 26.5 Å². The zero-order valence-electron chi connectivity index (χ0n) is 43.5. The molecule has 0 rings (SSSR count). The van der Waals surface area contributed by atoms with Crippen LogP contribution in [0.1, 0.15) is 187 Å². The Balaban J connectivity index is -0.000000229. The van der Waals surface area contributed by atoms with Gasteiger partial charge in [0.05, 0.1) is 23.2 Å². The highest BCUT2D eigenvalue weighted by atomic mass is 32.2. The first-order valence-electron chi connectivity index (χ1n) is 22.7. The molecule has 0 aliphatic carbocycles. The van der Waals surface area contributed by atoms with Crippen LogP contribution in [0.25, 0.3) is 0 Å². The Labute approximate surface area is 374 Å². The van der Waals surface area contributed by atoms with Crippen molar-refractivity contribution in [2.24, 2.45) is 0 Å². The first-order valence-corrected chi connectivity index (χ1v) is 37.7. The van der Waals surface area contributed by atoms with Crippen molar-refractivity contribution < 1.29 is 25.5 Å². The van der Waals surface area contributed by atoms with Crippen LogP contribution in [0.2, 0.25) is 66.5 Å². The third kappa shape index (κ3) is 18.4. The van der Waals surface area contributed by atoms with Crippen LogP contribution in [0.15, 0.2) is 0 Å². The van der Waals surface area contributed by atoms with Gasteiger partial charge in [0.25, 0.3) is 0 Å². The van der Waals surface area contributed by atoms with E-state index in [4.69, 9.17) is 3.87 Å². The van der Waals surface area contributed by atoms with Gasteiger partial charge in [0.1, 0.15) is 0 Å². The Bertz CT molecular complexity index is 1040. The van der Waals surface area contributed by atoms with Gasteiger partial charge in [-0.15, -0.1) is 16.5 Å². The summed E-state index contributed by atoms with van der Waals surface area (Å²) in [5.41, 5.74) is 2.10. The van der Waals surface area contributed by atoms with E-state index in [1.54, 1.807) is 41.5 Å². The summed E-state index contributed by atoms with van der Waals surface area (Å²) in [6.07, 6.45) is 0. The number of alkyl halides is 3. The van der Waals surface area contributed by atoms with Crippen LogP contribution >= 0.6 is 26.4 Å². The molecule has 0 saturated heterocycles. The van der Waals surface area contributed by atoms with Crippen LogP contribution in [0.4, 0.5) is 13.2 Å². The highest BCUT2D eigenvalue weighted by Gasteiger charge is 2.57. The molecule has 15 heteroatoms. The Morgan fingerprint density at radius 3 is 0.776 bits per heavy atom. The van der Waals surface area contributed by atoms with E-state index >= 15 is 0 Å². The molecule has 2 unspecified atom stereocenters. The highest BCUT2D eigenvalue weighted by molar-refractivity contribution is 8.08. The fourth-order valence-electron chi connectivity index (χ4n) is 10.4. The van der Waals surface area contributed by atoms with Gasteiger partial charge in [-0.1, -0.05) is 187 Å². The molecule has 4 nitrogen and oxygen atoms in total. The summed E-state index contributed by atoms with van der Waals surface area (Å²) < 4.78 is 64.7. The Hall–Kier alpha value is 1.82. The van der Waals surface area contributed by atoms with E-state index in [1.165, 1.54) is 27.3 Å². The van der Waals surface area contributed by atoms with Crippen molar-refractivity contribution in [3.8, 4) is 0 Å². The van der Waals surface area contributed by atoms with E-state index in [2.05, 4.69) is 159 Å². The van der Waals surface area contributed by atoms with Gasteiger partial charge in [-0.2, -0.15) is 31.5 Å². The van der Waals surface area contributed by atoms with Crippen LogP contribution in [-0.4, -0.2) is 70.0 Å². The minimum absolute atomic E-state index is 0. The lowest BCUT2D eigenvalue weighted by Crippen LogP contribution is -2.51. The SMILES string of the molecule is CC(C)[Si](OS(=O)(=O)C(F)(F)F)(C(C)C)C(C)C.CC(C)[Si](P)(C(C)C)C(C)C.CC(C)[Si](P[Si](C(C)C)(C(C)C)C(C)C)(C(C)C)C(C)C.CCN(CC)CC.P. The molecule has 0 amide bonds. The van der Waals surface area contributed by atoms with Crippen molar-refractivity contribution in [2.75, 3.05) is 19.6 Å². The number of rotatable bonds is 19. The topological polar surface area (TPSA) is 46.6 Å². The summed E-state index contributed by atoms with van der Waals surface area (Å²) >= 11 is 0. The summed E-state index contributed by atoms with van der Waals surface area (Å²) in [5.74, 6) is 0. The van der Waals surface area contributed by atoms with Crippen LogP contribution < -0.4 is 0 Å². The molecule has 58 heavy (non-hydrogen) atoms. The lowest BCUT2D eigenvalue weighted by atomic mass is 10.5. The van der Waals surface area contributed by atoms with Crippen molar-refractivity contribution in [3.63, 3.8) is 0 Å². The van der Waals surface area contributed by atoms with Gasteiger partial charge >= 0.3 is 15.6 Å². The molecule has 0 bridgehead atoms. The summed E-state index contributed by atoms with van der Waals surface area (Å²) in [4.78, 5) is 2.38. The predicted octanol–water partition coefficient (Wildman–Crippen LogP) is 17.5. The largest absolute Gasteiger partial charge is 0.522 e. The van der Waals surface area contributed by atoms with Gasteiger partial charge in [-0.3, -0.25) is 0 Å². The van der Waals surface area contributed by atoms with Crippen LogP contribution in [-0.2, 0) is 14.0 Å². The molecule has 0 aliphatic rings. The smallest absolute Gasteiger partial charge is 0.307 e. The van der Waals surface area contributed by atoms with E-state index in [1.807, 2.05) is 0 Å². The molecule has 0 aliphatic heterocycles. The molecular weight excluding hydrogens is 873 g/mol. The van der Waals surface area contributed by atoms with E-state index < -0.39 is 47.2 Å². The quantitative estimate of drug-likeness (QED) is 0.0735. The van der Waals surface area contributed by atoms with Gasteiger partial charge in [0.15, 0.2) is 0 Å². The molecule has 0 spiro atoms. The lowest BCUT2D eigenvalue weighted by Gasteiger charge is -2.54. The van der Waals surface area contributed by atoms with Gasteiger partial charge in [0.2, 0.25) is 8.32 Å². The molecule has 0 heterocycles. The Morgan fingerprint density at radius 2 is 0.690 bits per heavy atom. The van der Waals surface area contributed by atoms with Crippen LogP contribution in [0.3, 0.4) is 0 Å². The highest BCUT2D eigenvalue weighted by Crippen LogP contribution is 2.64. The minimum Gasteiger partial charge on any atom is -0.307 e. The third-order valence-corrected chi connectivity index (χ3v) is 66.9. The third-order valence-electron chi connectivity index (χ3n) is 13.8. The molecule has 0 aromatic heterocycles. The fourth-order valence-corrected chi connectivity index (χ4v) is 62.9. The zero-order chi connectivity index (χ0) is 47.0. The number of halogens is 3. The standard InChI is InChI=1S/C18H43PSi2.C10H21F3O3SSi.C9H23PSi.C6H15N.H3P/c1-13(2)20(14(3)4,15(5)6)19-21(16(7)8,17(9)10)18(11)12;1-7(2)18(8(3)4,9(5)6)16-17(14,15)10(11,12)13;1-7(2)11(10,8(3)4)9(5)6;1-4-7(5-2)6-3;/h13-19H,1-12H3;7-9H,1-6H3;7-9H,10H2,1-6H3;4-6H2,1-3H3;1H3. The van der Waals surface area contributed by atoms with Crippen molar-refractivity contribution in [2.45, 2.75) is 259 Å². The second-order valence-corrected chi connectivity index (χ2v) is 55.1. The number of nitrogens with zero attached hydrogens (tertiary/aromatic N) is 1. The van der Waals surface area contributed by atoms with Gasteiger partial charge < -0.3 is 8.77 Å². The van der Waals surface area contributed by atoms with E-state index in [9.17, 15) is 21.6 Å². The number of hydrogen-bond donors (Lipinski definition) is 0. The Morgan fingerprint density at radius 1 is 0.483 bits per heavy atom. The maximum atomic E-state index is 12.5. The van der Waals surface area contributed by atoms with E-state index in [0.717, 1.165) is 49.9 Å². The first-order chi connectivity index (χ1) is 25.3. The molecule has 0 saturated carbocycles. The maximum absolute atomic E-state index is 12.5. The van der Waals surface area contributed by atoms with Crippen molar-refractivity contribution in [1.82, 2.24) is 4.90 Å². The number of hydrogen-bond acceptors (Lipinski definition) is 4. The molecule has 0 fully saturated rings. The predicted molar refractivity (Wildman–Crippen MR) is 283 cm³/mol. The molecule has 358 valence electrons. The summed E-state index contributed by atoms with van der Waals surface area (Å²) in [7, 11) is -7.68. The summed E-state index contributed by atoms with van der Waals surface area (Å²) in [5, 5.41) is 0. The second kappa shape index (κ2) is 29.4. The summed E-state index contributed by atoms with van der Waals surface area (Å²) in [6.45, 7) is 65.2. The van der Waals surface area contributed by atoms with Crippen molar-refractivity contribution >= 4 is 68.0 Å². The lowest BCUT2D eigenvalue weighted by molar-refractivity contribution is -0.0506. The van der Waals surface area contributed by atoms with Gasteiger partial charge in [-0.25, -0.2) is 0 Å². The molecule has 0 N–H and O–H groups in total. The summed E-state index contributed by atoms with van der Waals surface area (Å²) in [6, 6.07) is 0. The van der Waals surface area contributed by atoms with Gasteiger partial charge in [0, 0.05) is 0 Å². The monoisotopic (exact) mass is 978 g/mol. The molecule has 0 aromatic rings. The molecular formula is C43H105F3NO3P3SSi4. The maximum Gasteiger partial charge on any atom is 0.522 e. The van der Waals surface area contributed by atoms with E-state index in [0.29, 0.717) is 0 Å². The first kappa shape index (κ1) is 68.9. The molecule has 0 aromatic carbocycles. The Kier molecular flexibility index (Phi) is 34.9. The van der Waals surface area contributed by atoms with Crippen LogP contribution in [0, 0.1) is 0 Å². The van der Waals surface area contributed by atoms with Crippen LogP contribution in [0.5, 0.6) is 0 Å². The second-order valence-electron chi connectivity index (χ2n) is 20.3. The normalized spacial score (nSPS) is 13.7.